The number of hydrogen-bond donors (Lipinski definition) is 1. The summed E-state index contributed by atoms with van der Waals surface area (Å²) >= 11 is 6.16. The second-order valence-corrected chi connectivity index (χ2v) is 7.18. The molecule has 0 unspecified atom stereocenters. The molecule has 4 rings (SSSR count). The first-order valence-electron chi connectivity index (χ1n) is 9.41. The second kappa shape index (κ2) is 8.80. The van der Waals surface area contributed by atoms with E-state index in [0.717, 1.165) is 16.5 Å². The van der Waals surface area contributed by atoms with Crippen molar-refractivity contribution in [3.63, 3.8) is 0 Å². The smallest absolute Gasteiger partial charge is 0.251 e. The predicted molar refractivity (Wildman–Crippen MR) is 117 cm³/mol. The Morgan fingerprint density at radius 3 is 2.48 bits per heavy atom. The molecule has 0 heterocycles. The van der Waals surface area contributed by atoms with Crippen LogP contribution in [0.15, 0.2) is 91.0 Å². The summed E-state index contributed by atoms with van der Waals surface area (Å²) in [6.07, 6.45) is 0. The van der Waals surface area contributed by atoms with Crippen LogP contribution >= 0.6 is 11.6 Å². The van der Waals surface area contributed by atoms with Crippen LogP contribution in [0.2, 0.25) is 5.02 Å². The van der Waals surface area contributed by atoms with Gasteiger partial charge in [0.05, 0.1) is 0 Å². The number of hydrogen-bond acceptors (Lipinski definition) is 2. The maximum atomic E-state index is 12.6. The van der Waals surface area contributed by atoms with E-state index in [1.54, 1.807) is 12.1 Å². The number of halogens is 1. The number of fused-ring (bicyclic) bond motifs is 1. The average molecular weight is 402 g/mol. The minimum atomic E-state index is -0.138. The fraction of sp³-hybridized carbons (Fsp3) is 0.0800. The van der Waals surface area contributed by atoms with Crippen molar-refractivity contribution in [2.45, 2.75) is 13.2 Å². The highest BCUT2D eigenvalue weighted by atomic mass is 35.5. The highest BCUT2D eigenvalue weighted by Crippen LogP contribution is 2.20. The lowest BCUT2D eigenvalue weighted by molar-refractivity contribution is 0.0950. The van der Waals surface area contributed by atoms with Crippen LogP contribution in [0.25, 0.3) is 10.8 Å². The Morgan fingerprint density at radius 2 is 1.62 bits per heavy atom. The van der Waals surface area contributed by atoms with Crippen LogP contribution in [0.1, 0.15) is 21.5 Å². The van der Waals surface area contributed by atoms with Crippen molar-refractivity contribution in [3.8, 4) is 5.75 Å². The van der Waals surface area contributed by atoms with Crippen LogP contribution in [0, 0.1) is 0 Å². The van der Waals surface area contributed by atoms with E-state index >= 15 is 0 Å². The summed E-state index contributed by atoms with van der Waals surface area (Å²) < 4.78 is 5.81. The Morgan fingerprint density at radius 1 is 0.828 bits per heavy atom. The Labute approximate surface area is 174 Å². The summed E-state index contributed by atoms with van der Waals surface area (Å²) in [5, 5.41) is 5.99. The van der Waals surface area contributed by atoms with Gasteiger partial charge in [-0.1, -0.05) is 72.3 Å². The third-order valence-corrected chi connectivity index (χ3v) is 5.08. The van der Waals surface area contributed by atoms with Gasteiger partial charge in [-0.15, -0.1) is 0 Å². The van der Waals surface area contributed by atoms with Crippen molar-refractivity contribution in [2.24, 2.45) is 0 Å². The maximum Gasteiger partial charge on any atom is 0.251 e. The second-order valence-electron chi connectivity index (χ2n) is 6.77. The van der Waals surface area contributed by atoms with Gasteiger partial charge in [-0.3, -0.25) is 4.79 Å². The van der Waals surface area contributed by atoms with Crippen LogP contribution in [-0.4, -0.2) is 5.91 Å². The Balaban J connectivity index is 1.39. The van der Waals surface area contributed by atoms with Gasteiger partial charge in [0.15, 0.2) is 0 Å². The molecule has 1 amide bonds. The number of amides is 1. The summed E-state index contributed by atoms with van der Waals surface area (Å²) in [4.78, 5) is 12.6. The van der Waals surface area contributed by atoms with Gasteiger partial charge in [0, 0.05) is 22.7 Å². The summed E-state index contributed by atoms with van der Waals surface area (Å²) in [6, 6.07) is 29.1. The molecule has 0 saturated heterocycles. The van der Waals surface area contributed by atoms with E-state index in [2.05, 4.69) is 29.6 Å². The number of carbonyl (C=O) groups excluding carboxylic acids is 1. The van der Waals surface area contributed by atoms with Crippen LogP contribution in [-0.2, 0) is 13.2 Å². The van der Waals surface area contributed by atoms with Gasteiger partial charge in [-0.2, -0.15) is 0 Å². The zero-order chi connectivity index (χ0) is 20.1. The van der Waals surface area contributed by atoms with E-state index in [1.165, 1.54) is 5.39 Å². The molecule has 0 aromatic heterocycles. The van der Waals surface area contributed by atoms with E-state index in [1.807, 2.05) is 54.6 Å². The Kier molecular flexibility index (Phi) is 5.78. The first kappa shape index (κ1) is 19.0. The topological polar surface area (TPSA) is 38.3 Å². The largest absolute Gasteiger partial charge is 0.489 e. The summed E-state index contributed by atoms with van der Waals surface area (Å²) in [5.74, 6) is 0.490. The molecule has 0 aliphatic rings. The van der Waals surface area contributed by atoms with Crippen molar-refractivity contribution < 1.29 is 9.53 Å². The van der Waals surface area contributed by atoms with Gasteiger partial charge >= 0.3 is 0 Å². The van der Waals surface area contributed by atoms with Gasteiger partial charge in [-0.05, 0) is 46.7 Å². The van der Waals surface area contributed by atoms with Crippen LogP contribution in [0.5, 0.6) is 5.75 Å². The first-order valence-corrected chi connectivity index (χ1v) is 9.79. The molecule has 4 aromatic carbocycles. The van der Waals surface area contributed by atoms with E-state index < -0.39 is 0 Å². The molecule has 0 aliphatic heterocycles. The molecule has 0 fully saturated rings. The quantitative estimate of drug-likeness (QED) is 0.430. The molecule has 0 radical (unpaired) electrons. The lowest BCUT2D eigenvalue weighted by Gasteiger charge is -2.10. The van der Waals surface area contributed by atoms with Crippen molar-refractivity contribution in [1.82, 2.24) is 5.32 Å². The number of ether oxygens (including phenoxy) is 1. The Hall–Kier alpha value is -3.30. The maximum absolute atomic E-state index is 12.6. The number of nitrogens with one attached hydrogen (secondary N) is 1. The zero-order valence-corrected chi connectivity index (χ0v) is 16.5. The first-order chi connectivity index (χ1) is 14.2. The fourth-order valence-electron chi connectivity index (χ4n) is 3.14. The zero-order valence-electron chi connectivity index (χ0n) is 15.8. The molecule has 1 N–H and O–H groups in total. The molecule has 4 heteroatoms. The summed E-state index contributed by atoms with van der Waals surface area (Å²) in [6.45, 7) is 0.816. The molecular weight excluding hydrogens is 382 g/mol. The van der Waals surface area contributed by atoms with Crippen molar-refractivity contribution in [2.75, 3.05) is 0 Å². The molecule has 4 aromatic rings. The normalized spacial score (nSPS) is 10.7. The Bertz CT molecular complexity index is 1160. The number of carbonyl (C=O) groups is 1. The molecule has 0 aliphatic carbocycles. The molecular formula is C25H20ClNO2. The molecule has 144 valence electrons. The number of rotatable bonds is 6. The predicted octanol–water partition coefficient (Wildman–Crippen LogP) is 6.00. The van der Waals surface area contributed by atoms with Crippen LogP contribution in [0.3, 0.4) is 0 Å². The molecule has 0 atom stereocenters. The average Bonchev–Trinajstić information content (AvgIpc) is 2.77. The SMILES string of the molecule is O=C(NCc1ccc2ccccc2c1)c1cccc(OCc2ccccc2Cl)c1. The highest BCUT2D eigenvalue weighted by Gasteiger charge is 2.08. The third kappa shape index (κ3) is 4.76. The van der Waals surface area contributed by atoms with Gasteiger partial charge in [0.2, 0.25) is 0 Å². The van der Waals surface area contributed by atoms with E-state index in [-0.39, 0.29) is 5.91 Å². The van der Waals surface area contributed by atoms with Crippen molar-refractivity contribution in [1.29, 1.82) is 0 Å². The minimum Gasteiger partial charge on any atom is -0.489 e. The summed E-state index contributed by atoms with van der Waals surface area (Å²) in [7, 11) is 0. The van der Waals surface area contributed by atoms with Crippen molar-refractivity contribution in [3.05, 3.63) is 113 Å². The fourth-order valence-corrected chi connectivity index (χ4v) is 3.33. The standard InChI is InChI=1S/C25H20ClNO2/c26-24-11-4-3-8-22(24)17-29-23-10-5-9-21(15-23)25(28)27-16-18-12-13-19-6-1-2-7-20(19)14-18/h1-15H,16-17H2,(H,27,28). The molecule has 0 spiro atoms. The van der Waals surface area contributed by atoms with E-state index in [9.17, 15) is 4.79 Å². The number of benzene rings is 4. The van der Waals surface area contributed by atoms with Gasteiger partial charge in [0.25, 0.3) is 5.91 Å². The van der Waals surface area contributed by atoms with E-state index in [0.29, 0.717) is 29.5 Å². The lowest BCUT2D eigenvalue weighted by atomic mass is 10.1. The van der Waals surface area contributed by atoms with Crippen LogP contribution < -0.4 is 10.1 Å². The van der Waals surface area contributed by atoms with E-state index in [4.69, 9.17) is 16.3 Å². The van der Waals surface area contributed by atoms with Gasteiger partial charge < -0.3 is 10.1 Å². The monoisotopic (exact) mass is 401 g/mol. The van der Waals surface area contributed by atoms with Gasteiger partial charge in [-0.25, -0.2) is 0 Å². The van der Waals surface area contributed by atoms with Crippen LogP contribution in [0.4, 0.5) is 0 Å². The molecule has 3 nitrogen and oxygen atoms in total. The third-order valence-electron chi connectivity index (χ3n) is 4.72. The van der Waals surface area contributed by atoms with Gasteiger partial charge in [0.1, 0.15) is 12.4 Å². The molecule has 0 saturated carbocycles. The van der Waals surface area contributed by atoms with Crippen molar-refractivity contribution >= 4 is 28.3 Å². The summed E-state index contributed by atoms with van der Waals surface area (Å²) in [5.41, 5.74) is 2.52. The molecule has 0 bridgehead atoms. The highest BCUT2D eigenvalue weighted by molar-refractivity contribution is 6.31. The lowest BCUT2D eigenvalue weighted by Crippen LogP contribution is -2.22. The minimum absolute atomic E-state index is 0.138. The molecule has 29 heavy (non-hydrogen) atoms.